The van der Waals surface area contributed by atoms with Crippen LogP contribution in [-0.2, 0) is 13.0 Å². The zero-order valence-corrected chi connectivity index (χ0v) is 15.9. The summed E-state index contributed by atoms with van der Waals surface area (Å²) < 4.78 is 11.1. The van der Waals surface area contributed by atoms with E-state index in [-0.39, 0.29) is 0 Å². The molecule has 0 saturated carbocycles. The number of hydrogen-bond acceptors (Lipinski definition) is 4. The zero-order valence-electron chi connectivity index (χ0n) is 15.9. The van der Waals surface area contributed by atoms with E-state index in [0.717, 1.165) is 36.4 Å². The molecule has 2 aromatic rings. The predicted molar refractivity (Wildman–Crippen MR) is 105 cm³/mol. The molecule has 2 aromatic carbocycles. The van der Waals surface area contributed by atoms with Gasteiger partial charge in [0.2, 0.25) is 0 Å². The van der Waals surface area contributed by atoms with Crippen molar-refractivity contribution in [2.45, 2.75) is 45.7 Å². The molecule has 4 nitrogen and oxygen atoms in total. The monoisotopic (exact) mass is 352 g/mol. The topological polar surface area (TPSA) is 54.3 Å². The highest BCUT2D eigenvalue weighted by Gasteiger charge is 2.08. The molecule has 0 bridgehead atoms. The van der Waals surface area contributed by atoms with Gasteiger partial charge in [-0.15, -0.1) is 0 Å². The third-order valence-electron chi connectivity index (χ3n) is 4.36. The van der Waals surface area contributed by atoms with Gasteiger partial charge in [-0.2, -0.15) is 5.26 Å². The van der Waals surface area contributed by atoms with Crippen LogP contribution in [0.15, 0.2) is 42.5 Å². The van der Waals surface area contributed by atoms with Crippen molar-refractivity contribution >= 4 is 0 Å². The number of methoxy groups -OCH3 is 1. The lowest BCUT2D eigenvalue weighted by molar-refractivity contribution is 0.290. The molecule has 0 radical (unpaired) electrons. The Labute approximate surface area is 156 Å². The quantitative estimate of drug-likeness (QED) is 0.644. The summed E-state index contributed by atoms with van der Waals surface area (Å²) in [4.78, 5) is 0. The fraction of sp³-hybridized carbons (Fsp3) is 0.409. The van der Waals surface area contributed by atoms with Gasteiger partial charge in [0.15, 0.2) is 11.5 Å². The van der Waals surface area contributed by atoms with Gasteiger partial charge < -0.3 is 14.8 Å². The van der Waals surface area contributed by atoms with Crippen LogP contribution < -0.4 is 14.8 Å². The Balaban J connectivity index is 1.92. The Bertz CT molecular complexity index is 737. The Morgan fingerprint density at radius 2 is 1.96 bits per heavy atom. The molecule has 138 valence electrons. The van der Waals surface area contributed by atoms with E-state index in [9.17, 15) is 0 Å². The molecule has 0 aliphatic carbocycles. The predicted octanol–water partition coefficient (Wildman–Crippen LogP) is 4.41. The van der Waals surface area contributed by atoms with E-state index < -0.39 is 0 Å². The number of ether oxygens (including phenoxy) is 2. The second-order valence-electron chi connectivity index (χ2n) is 6.51. The SMILES string of the molecule is COc1ccc(CNC(C)Cc2ccccc2C)cc1OCCCC#N. The highest BCUT2D eigenvalue weighted by atomic mass is 16.5. The third kappa shape index (κ3) is 6.09. The number of rotatable bonds is 10. The van der Waals surface area contributed by atoms with E-state index in [1.807, 2.05) is 12.1 Å². The Hall–Kier alpha value is -2.51. The first-order valence-corrected chi connectivity index (χ1v) is 9.08. The molecule has 1 atom stereocenters. The lowest BCUT2D eigenvalue weighted by Gasteiger charge is -2.17. The standard InChI is InChI=1S/C22H28N2O2/c1-17-8-4-5-9-20(17)14-18(2)24-16-19-10-11-21(25-3)22(15-19)26-13-7-6-12-23/h4-5,8-11,15,18,24H,6-7,13-14,16H2,1-3H3. The summed E-state index contributed by atoms with van der Waals surface area (Å²) in [5.74, 6) is 1.45. The first kappa shape index (κ1) is 19.8. The van der Waals surface area contributed by atoms with Crippen molar-refractivity contribution in [3.8, 4) is 17.6 Å². The average Bonchev–Trinajstić information content (AvgIpc) is 2.65. The van der Waals surface area contributed by atoms with Crippen LogP contribution in [0.4, 0.5) is 0 Å². The van der Waals surface area contributed by atoms with Gasteiger partial charge in [-0.25, -0.2) is 0 Å². The maximum absolute atomic E-state index is 8.61. The lowest BCUT2D eigenvalue weighted by Crippen LogP contribution is -2.27. The molecule has 0 heterocycles. The second-order valence-corrected chi connectivity index (χ2v) is 6.51. The first-order valence-electron chi connectivity index (χ1n) is 9.08. The van der Waals surface area contributed by atoms with Crippen molar-refractivity contribution in [2.24, 2.45) is 0 Å². The summed E-state index contributed by atoms with van der Waals surface area (Å²) in [6.07, 6.45) is 2.22. The van der Waals surface area contributed by atoms with Gasteiger partial charge >= 0.3 is 0 Å². The molecule has 0 spiro atoms. The van der Waals surface area contributed by atoms with Gasteiger partial charge in [0.05, 0.1) is 19.8 Å². The molecule has 26 heavy (non-hydrogen) atoms. The fourth-order valence-corrected chi connectivity index (χ4v) is 2.81. The number of benzene rings is 2. The summed E-state index contributed by atoms with van der Waals surface area (Å²) in [5, 5.41) is 12.2. The summed E-state index contributed by atoms with van der Waals surface area (Å²) >= 11 is 0. The molecule has 1 unspecified atom stereocenters. The fourth-order valence-electron chi connectivity index (χ4n) is 2.81. The van der Waals surface area contributed by atoms with E-state index >= 15 is 0 Å². The van der Waals surface area contributed by atoms with Crippen molar-refractivity contribution in [1.29, 1.82) is 5.26 Å². The number of unbranched alkanes of at least 4 members (excludes halogenated alkanes) is 1. The summed E-state index contributed by atoms with van der Waals surface area (Å²) in [6, 6.07) is 17.0. The number of nitrogens with one attached hydrogen (secondary N) is 1. The smallest absolute Gasteiger partial charge is 0.161 e. The van der Waals surface area contributed by atoms with Gasteiger partial charge in [-0.3, -0.25) is 0 Å². The van der Waals surface area contributed by atoms with Crippen LogP contribution in [0.25, 0.3) is 0 Å². The van der Waals surface area contributed by atoms with Crippen molar-refractivity contribution in [2.75, 3.05) is 13.7 Å². The van der Waals surface area contributed by atoms with Crippen molar-refractivity contribution < 1.29 is 9.47 Å². The second kappa shape index (κ2) is 10.5. The van der Waals surface area contributed by atoms with Gasteiger partial charge in [-0.1, -0.05) is 30.3 Å². The van der Waals surface area contributed by atoms with E-state index in [4.69, 9.17) is 14.7 Å². The molecular weight excluding hydrogens is 324 g/mol. The van der Waals surface area contributed by atoms with E-state index in [2.05, 4.69) is 55.6 Å². The van der Waals surface area contributed by atoms with Crippen molar-refractivity contribution in [3.63, 3.8) is 0 Å². The normalized spacial score (nSPS) is 11.6. The van der Waals surface area contributed by atoms with Crippen LogP contribution in [0.2, 0.25) is 0 Å². The Morgan fingerprint density at radius 1 is 1.15 bits per heavy atom. The molecule has 0 fully saturated rings. The maximum Gasteiger partial charge on any atom is 0.161 e. The first-order chi connectivity index (χ1) is 12.6. The van der Waals surface area contributed by atoms with Crippen LogP contribution >= 0.6 is 0 Å². The molecule has 2 rings (SSSR count). The van der Waals surface area contributed by atoms with E-state index in [1.54, 1.807) is 7.11 Å². The van der Waals surface area contributed by atoms with Crippen LogP contribution in [0, 0.1) is 18.3 Å². The van der Waals surface area contributed by atoms with Crippen molar-refractivity contribution in [1.82, 2.24) is 5.32 Å². The number of nitriles is 1. The van der Waals surface area contributed by atoms with E-state index in [1.165, 1.54) is 11.1 Å². The molecule has 0 saturated heterocycles. The highest BCUT2D eigenvalue weighted by Crippen LogP contribution is 2.28. The summed E-state index contributed by atoms with van der Waals surface area (Å²) in [7, 11) is 1.64. The molecule has 0 aromatic heterocycles. The maximum atomic E-state index is 8.61. The molecule has 0 amide bonds. The van der Waals surface area contributed by atoms with Gasteiger partial charge in [0.1, 0.15) is 0 Å². The van der Waals surface area contributed by atoms with Gasteiger partial charge in [-0.05, 0) is 55.5 Å². The molecule has 0 aliphatic rings. The molecule has 0 aliphatic heterocycles. The van der Waals surface area contributed by atoms with Crippen LogP contribution in [0.5, 0.6) is 11.5 Å². The average molecular weight is 352 g/mol. The Kier molecular flexibility index (Phi) is 7.98. The van der Waals surface area contributed by atoms with Gasteiger partial charge in [0.25, 0.3) is 0 Å². The zero-order chi connectivity index (χ0) is 18.8. The minimum absolute atomic E-state index is 0.373. The summed E-state index contributed by atoms with van der Waals surface area (Å²) in [6.45, 7) is 5.65. The summed E-state index contributed by atoms with van der Waals surface area (Å²) in [5.41, 5.74) is 3.86. The molecular formula is C22H28N2O2. The molecule has 1 N–H and O–H groups in total. The lowest BCUT2D eigenvalue weighted by atomic mass is 10.0. The van der Waals surface area contributed by atoms with Gasteiger partial charge in [0, 0.05) is 19.0 Å². The van der Waals surface area contributed by atoms with Crippen LogP contribution in [0.3, 0.4) is 0 Å². The molecule has 4 heteroatoms. The third-order valence-corrected chi connectivity index (χ3v) is 4.36. The van der Waals surface area contributed by atoms with Crippen LogP contribution in [0.1, 0.15) is 36.5 Å². The minimum Gasteiger partial charge on any atom is -0.493 e. The number of nitrogens with zero attached hydrogens (tertiary/aromatic N) is 1. The minimum atomic E-state index is 0.373. The number of hydrogen-bond donors (Lipinski definition) is 1. The largest absolute Gasteiger partial charge is 0.493 e. The van der Waals surface area contributed by atoms with Crippen LogP contribution in [-0.4, -0.2) is 19.8 Å². The highest BCUT2D eigenvalue weighted by molar-refractivity contribution is 5.43. The van der Waals surface area contributed by atoms with E-state index in [0.29, 0.717) is 19.1 Å². The number of aryl methyl sites for hydroxylation is 1. The Morgan fingerprint density at radius 3 is 2.69 bits per heavy atom. The van der Waals surface area contributed by atoms with Crippen molar-refractivity contribution in [3.05, 3.63) is 59.2 Å².